The second-order valence-corrected chi connectivity index (χ2v) is 7.00. The molecule has 144 valence electrons. The highest BCUT2D eigenvalue weighted by molar-refractivity contribution is 5.97. The highest BCUT2D eigenvalue weighted by Crippen LogP contribution is 2.44. The smallest absolute Gasteiger partial charge is 0.341 e. The van der Waals surface area contributed by atoms with Gasteiger partial charge in [0.2, 0.25) is 12.3 Å². The van der Waals surface area contributed by atoms with Crippen molar-refractivity contribution in [2.24, 2.45) is 5.73 Å². The largest absolute Gasteiger partial charge is 0.477 e. The number of benzene rings is 1. The fourth-order valence-electron chi connectivity index (χ4n) is 3.71. The number of ether oxygens (including phenoxy) is 1. The summed E-state index contributed by atoms with van der Waals surface area (Å²) in [6.07, 6.45) is 3.47. The van der Waals surface area contributed by atoms with Crippen molar-refractivity contribution in [1.82, 2.24) is 4.57 Å². The number of carbonyl (C=O) groups is 1. The van der Waals surface area contributed by atoms with Gasteiger partial charge in [0.05, 0.1) is 10.9 Å². The number of anilines is 1. The molecule has 7 nitrogen and oxygen atoms in total. The molecule has 1 aliphatic carbocycles. The Morgan fingerprint density at radius 2 is 2.11 bits per heavy atom. The third kappa shape index (κ3) is 2.91. The molecule has 1 aromatic heterocycles. The minimum atomic E-state index is -1.39. The maximum absolute atomic E-state index is 15.0. The van der Waals surface area contributed by atoms with Crippen LogP contribution in [-0.2, 0) is 0 Å². The van der Waals surface area contributed by atoms with Crippen LogP contribution >= 0.6 is 0 Å². The van der Waals surface area contributed by atoms with Crippen LogP contribution in [0.5, 0.6) is 5.75 Å². The zero-order valence-corrected chi connectivity index (χ0v) is 14.5. The summed E-state index contributed by atoms with van der Waals surface area (Å²) in [6, 6.07) is 0.846. The van der Waals surface area contributed by atoms with E-state index in [1.165, 1.54) is 6.20 Å². The second kappa shape index (κ2) is 6.49. The summed E-state index contributed by atoms with van der Waals surface area (Å²) in [5.74, 6) is -2.23. The zero-order chi connectivity index (χ0) is 19.3. The lowest BCUT2D eigenvalue weighted by Gasteiger charge is -2.24. The Labute approximate surface area is 152 Å². The Morgan fingerprint density at radius 3 is 2.67 bits per heavy atom. The summed E-state index contributed by atoms with van der Waals surface area (Å²) < 4.78 is 34.9. The van der Waals surface area contributed by atoms with Gasteiger partial charge in [-0.15, -0.1) is 0 Å². The molecular formula is C18H19F2N3O4. The van der Waals surface area contributed by atoms with Gasteiger partial charge in [-0.3, -0.25) is 4.79 Å². The fraction of sp³-hybridized carbons (Fsp3) is 0.444. The molecular weight excluding hydrogens is 360 g/mol. The van der Waals surface area contributed by atoms with Gasteiger partial charge in [-0.2, -0.15) is 0 Å². The molecule has 0 amide bonds. The van der Waals surface area contributed by atoms with E-state index in [0.29, 0.717) is 19.5 Å². The molecule has 1 saturated heterocycles. The van der Waals surface area contributed by atoms with Gasteiger partial charge >= 0.3 is 5.97 Å². The molecule has 27 heavy (non-hydrogen) atoms. The van der Waals surface area contributed by atoms with E-state index in [-0.39, 0.29) is 34.4 Å². The summed E-state index contributed by atoms with van der Waals surface area (Å²) in [5.41, 5.74) is 4.93. The van der Waals surface area contributed by atoms with Crippen LogP contribution in [-0.4, -0.2) is 41.6 Å². The summed E-state index contributed by atoms with van der Waals surface area (Å²) in [5, 5.41) is 9.20. The first-order valence-electron chi connectivity index (χ1n) is 8.76. The molecule has 0 bridgehead atoms. The average Bonchev–Trinajstić information content (AvgIpc) is 3.37. The molecule has 4 rings (SSSR count). The maximum Gasteiger partial charge on any atom is 0.341 e. The first-order valence-corrected chi connectivity index (χ1v) is 8.76. The monoisotopic (exact) mass is 379 g/mol. The van der Waals surface area contributed by atoms with Crippen LogP contribution in [0.4, 0.5) is 14.5 Å². The molecule has 2 heterocycles. The number of carboxylic acids is 1. The number of nitrogens with two attached hydrogens (primary N) is 1. The van der Waals surface area contributed by atoms with Gasteiger partial charge in [-0.25, -0.2) is 13.6 Å². The summed E-state index contributed by atoms with van der Waals surface area (Å²) >= 11 is 0. The van der Waals surface area contributed by atoms with Crippen LogP contribution in [0, 0.1) is 5.82 Å². The second-order valence-electron chi connectivity index (χ2n) is 7.00. The molecule has 3 N–H and O–H groups in total. The number of hydrogen-bond acceptors (Lipinski definition) is 5. The van der Waals surface area contributed by atoms with Crippen molar-refractivity contribution in [3.63, 3.8) is 0 Å². The first kappa shape index (κ1) is 17.7. The van der Waals surface area contributed by atoms with Gasteiger partial charge in [0.25, 0.3) is 0 Å². The van der Waals surface area contributed by atoms with E-state index >= 15 is 0 Å². The van der Waals surface area contributed by atoms with Gasteiger partial charge in [0, 0.05) is 31.4 Å². The molecule has 0 unspecified atom stereocenters. The Bertz CT molecular complexity index is 987. The number of aromatic nitrogens is 1. The van der Waals surface area contributed by atoms with E-state index in [4.69, 9.17) is 10.5 Å². The molecule has 1 atom stereocenters. The lowest BCUT2D eigenvalue weighted by Crippen LogP contribution is -2.28. The van der Waals surface area contributed by atoms with Gasteiger partial charge in [-0.05, 0) is 25.3 Å². The van der Waals surface area contributed by atoms with Crippen molar-refractivity contribution >= 4 is 22.6 Å². The van der Waals surface area contributed by atoms with Gasteiger partial charge in [-0.1, -0.05) is 0 Å². The van der Waals surface area contributed by atoms with Gasteiger partial charge < -0.3 is 25.0 Å². The zero-order valence-electron chi connectivity index (χ0n) is 14.5. The van der Waals surface area contributed by atoms with Gasteiger partial charge in [0.15, 0.2) is 11.6 Å². The Kier molecular flexibility index (Phi) is 4.26. The Morgan fingerprint density at radius 1 is 1.37 bits per heavy atom. The predicted molar refractivity (Wildman–Crippen MR) is 94.8 cm³/mol. The quantitative estimate of drug-likeness (QED) is 0.825. The number of halogens is 2. The van der Waals surface area contributed by atoms with Crippen molar-refractivity contribution in [2.75, 3.05) is 24.9 Å². The molecule has 1 aliphatic heterocycles. The number of rotatable bonds is 5. The highest BCUT2D eigenvalue weighted by atomic mass is 19.1. The molecule has 2 fully saturated rings. The van der Waals surface area contributed by atoms with E-state index in [0.717, 1.165) is 18.9 Å². The molecule has 2 aliphatic rings. The molecule has 1 aromatic carbocycles. The van der Waals surface area contributed by atoms with Crippen molar-refractivity contribution in [3.8, 4) is 5.75 Å². The predicted octanol–water partition coefficient (Wildman–Crippen LogP) is 2.02. The molecule has 0 radical (unpaired) electrons. The third-order valence-electron chi connectivity index (χ3n) is 5.11. The van der Waals surface area contributed by atoms with E-state index < -0.39 is 29.6 Å². The number of fused-ring (bicyclic) bond motifs is 1. The van der Waals surface area contributed by atoms with E-state index in [1.54, 1.807) is 9.47 Å². The van der Waals surface area contributed by atoms with Crippen molar-refractivity contribution in [2.45, 2.75) is 31.3 Å². The summed E-state index contributed by atoms with van der Waals surface area (Å²) in [7, 11) is 0. The summed E-state index contributed by atoms with van der Waals surface area (Å²) in [6.45, 7) is -0.343. The topological polar surface area (TPSA) is 97.8 Å². The lowest BCUT2D eigenvalue weighted by molar-refractivity contribution is 0.0694. The fourth-order valence-corrected chi connectivity index (χ4v) is 3.71. The number of alkyl halides is 1. The molecule has 9 heteroatoms. The number of aromatic carboxylic acids is 1. The molecule has 1 saturated carbocycles. The minimum absolute atomic E-state index is 0.0349. The van der Waals surface area contributed by atoms with Crippen LogP contribution in [0.1, 0.15) is 35.7 Å². The molecule has 2 aromatic rings. The lowest BCUT2D eigenvalue weighted by atomic mass is 10.1. The number of nitrogens with zero attached hydrogens (tertiary/aromatic N) is 2. The number of hydrogen-bond donors (Lipinski definition) is 2. The standard InChI is InChI=1S/C18H19F2N3O4/c19-8-27-17-14-11(5-13(20)15(17)22-4-3-9(21)6-22)16(24)12(18(25)26)7-23(14)10-1-2-10/h5,7,9-10H,1-4,6,8,21H2,(H,25,26)/t9-/m0/s1. The van der Waals surface area contributed by atoms with Crippen molar-refractivity contribution in [3.05, 3.63) is 33.9 Å². The highest BCUT2D eigenvalue weighted by Gasteiger charge is 2.32. The first-order chi connectivity index (χ1) is 12.9. The normalized spacial score (nSPS) is 19.7. The number of pyridine rings is 1. The third-order valence-corrected chi connectivity index (χ3v) is 5.11. The Hall–Kier alpha value is -2.68. The van der Waals surface area contributed by atoms with Crippen molar-refractivity contribution in [1.29, 1.82) is 0 Å². The number of carboxylic acid groups (broad SMARTS) is 1. The van der Waals surface area contributed by atoms with Crippen LogP contribution < -0.4 is 20.8 Å². The van der Waals surface area contributed by atoms with Crippen LogP contribution in [0.15, 0.2) is 17.1 Å². The van der Waals surface area contributed by atoms with Crippen molar-refractivity contribution < 1.29 is 23.4 Å². The minimum Gasteiger partial charge on any atom is -0.477 e. The van der Waals surface area contributed by atoms with Crippen LogP contribution in [0.3, 0.4) is 0 Å². The van der Waals surface area contributed by atoms with E-state index in [9.17, 15) is 23.5 Å². The van der Waals surface area contributed by atoms with Crippen LogP contribution in [0.25, 0.3) is 10.9 Å². The Balaban J connectivity index is 2.06. The van der Waals surface area contributed by atoms with E-state index in [2.05, 4.69) is 0 Å². The SMILES string of the molecule is N[C@H]1CCN(c2c(F)cc3c(=O)c(C(=O)O)cn(C4CC4)c3c2OCF)C1. The summed E-state index contributed by atoms with van der Waals surface area (Å²) in [4.78, 5) is 25.7. The van der Waals surface area contributed by atoms with E-state index in [1.807, 2.05) is 0 Å². The average molecular weight is 379 g/mol. The van der Waals surface area contributed by atoms with Crippen LogP contribution in [0.2, 0.25) is 0 Å². The maximum atomic E-state index is 15.0. The molecule has 0 spiro atoms. The van der Waals surface area contributed by atoms with Gasteiger partial charge in [0.1, 0.15) is 11.3 Å².